The van der Waals surface area contributed by atoms with Crippen LogP contribution in [-0.2, 0) is 5.60 Å². The van der Waals surface area contributed by atoms with E-state index in [1.807, 2.05) is 0 Å². The molecule has 3 rings (SSSR count). The normalized spacial score (nSPS) is 28.6. The van der Waals surface area contributed by atoms with E-state index in [-0.39, 0.29) is 0 Å². The molecule has 0 amide bonds. The van der Waals surface area contributed by atoms with Crippen LogP contribution in [-0.4, -0.2) is 5.11 Å². The number of hydrogen-bond donors (Lipinski definition) is 1. The van der Waals surface area contributed by atoms with E-state index >= 15 is 0 Å². The third-order valence-electron chi connectivity index (χ3n) is 4.12. The van der Waals surface area contributed by atoms with E-state index in [2.05, 4.69) is 43.5 Å². The maximum absolute atomic E-state index is 10.7. The number of rotatable bonds is 2. The van der Waals surface area contributed by atoms with Crippen LogP contribution in [0.2, 0.25) is 0 Å². The number of hydrogen-bond acceptors (Lipinski definition) is 2. The molecule has 1 aliphatic rings. The zero-order chi connectivity index (χ0) is 12.0. The molecule has 90 valence electrons. The monoisotopic (exact) mass is 246 g/mol. The smallest absolute Gasteiger partial charge is 0.0915 e. The van der Waals surface area contributed by atoms with Gasteiger partial charge in [0.25, 0.3) is 0 Å². The molecule has 0 spiro atoms. The van der Waals surface area contributed by atoms with E-state index in [1.54, 1.807) is 11.3 Å². The Morgan fingerprint density at radius 1 is 1.29 bits per heavy atom. The van der Waals surface area contributed by atoms with Crippen molar-refractivity contribution in [1.82, 2.24) is 0 Å². The molecule has 2 heteroatoms. The summed E-state index contributed by atoms with van der Waals surface area (Å²) in [5.41, 5.74) is 0.571. The lowest BCUT2D eigenvalue weighted by Crippen LogP contribution is -2.43. The lowest BCUT2D eigenvalue weighted by atomic mass is 9.63. The first kappa shape index (κ1) is 11.2. The Bertz CT molecular complexity index is 535. The minimum Gasteiger partial charge on any atom is -0.385 e. The third-order valence-corrected chi connectivity index (χ3v) is 5.09. The summed E-state index contributed by atoms with van der Waals surface area (Å²) in [4.78, 5) is 0. The summed E-state index contributed by atoms with van der Waals surface area (Å²) in [6, 6.07) is 8.41. The second-order valence-electron chi connectivity index (χ2n) is 5.59. The van der Waals surface area contributed by atoms with Gasteiger partial charge in [0, 0.05) is 10.3 Å². The van der Waals surface area contributed by atoms with Gasteiger partial charge >= 0.3 is 0 Å². The van der Waals surface area contributed by atoms with Gasteiger partial charge in [0.1, 0.15) is 0 Å². The van der Waals surface area contributed by atoms with Crippen LogP contribution in [0.5, 0.6) is 0 Å². The van der Waals surface area contributed by atoms with Crippen molar-refractivity contribution < 1.29 is 5.11 Å². The molecule has 2 aromatic rings. The minimum atomic E-state index is -0.570. The van der Waals surface area contributed by atoms with Crippen LogP contribution < -0.4 is 0 Å². The number of fused-ring (bicyclic) bond motifs is 1. The molecule has 1 aromatic carbocycles. The molecule has 0 bridgehead atoms. The molecule has 1 N–H and O–H groups in total. The van der Waals surface area contributed by atoms with Crippen molar-refractivity contribution in [2.24, 2.45) is 11.8 Å². The average Bonchev–Trinajstić information content (AvgIpc) is 2.71. The lowest BCUT2D eigenvalue weighted by molar-refractivity contribution is -0.0921. The van der Waals surface area contributed by atoms with Crippen LogP contribution in [0.1, 0.15) is 32.3 Å². The van der Waals surface area contributed by atoms with Crippen LogP contribution in [0, 0.1) is 11.8 Å². The summed E-state index contributed by atoms with van der Waals surface area (Å²) in [7, 11) is 0. The molecule has 1 aromatic heterocycles. The van der Waals surface area contributed by atoms with E-state index in [4.69, 9.17) is 0 Å². The van der Waals surface area contributed by atoms with Gasteiger partial charge < -0.3 is 5.11 Å². The molecule has 1 fully saturated rings. The second-order valence-corrected chi connectivity index (χ2v) is 6.50. The van der Waals surface area contributed by atoms with E-state index in [0.29, 0.717) is 11.8 Å². The first-order valence-electron chi connectivity index (χ1n) is 6.29. The zero-order valence-corrected chi connectivity index (χ0v) is 11.1. The molecule has 0 unspecified atom stereocenters. The van der Waals surface area contributed by atoms with Crippen LogP contribution in [0.4, 0.5) is 0 Å². The fourth-order valence-electron chi connectivity index (χ4n) is 2.86. The third kappa shape index (κ3) is 1.71. The standard InChI is InChI=1S/C15H18OS/c1-10(2)12-8-15(16,9-12)13-5-3-4-11-6-7-17-14(11)13/h3-7,10,12,16H,8-9H2,1-2H3. The molecule has 0 radical (unpaired) electrons. The fraction of sp³-hybridized carbons (Fsp3) is 0.467. The zero-order valence-electron chi connectivity index (χ0n) is 10.3. The van der Waals surface area contributed by atoms with E-state index in [1.165, 1.54) is 10.1 Å². The highest BCUT2D eigenvalue weighted by molar-refractivity contribution is 7.17. The van der Waals surface area contributed by atoms with Gasteiger partial charge in [0.15, 0.2) is 0 Å². The second kappa shape index (κ2) is 3.82. The number of benzene rings is 1. The van der Waals surface area contributed by atoms with Crippen molar-refractivity contribution in [3.8, 4) is 0 Å². The van der Waals surface area contributed by atoms with Crippen LogP contribution in [0.3, 0.4) is 0 Å². The molecule has 17 heavy (non-hydrogen) atoms. The lowest BCUT2D eigenvalue weighted by Gasteiger charge is -2.46. The van der Waals surface area contributed by atoms with Gasteiger partial charge in [-0.05, 0) is 41.5 Å². The van der Waals surface area contributed by atoms with E-state index in [0.717, 1.165) is 18.4 Å². The highest BCUT2D eigenvalue weighted by Gasteiger charge is 2.45. The van der Waals surface area contributed by atoms with Crippen molar-refractivity contribution >= 4 is 21.4 Å². The van der Waals surface area contributed by atoms with Crippen molar-refractivity contribution in [2.45, 2.75) is 32.3 Å². The summed E-state index contributed by atoms with van der Waals surface area (Å²) in [6.45, 7) is 4.49. The fourth-order valence-corrected chi connectivity index (χ4v) is 3.87. The predicted molar refractivity (Wildman–Crippen MR) is 73.3 cm³/mol. The van der Waals surface area contributed by atoms with Gasteiger partial charge in [-0.3, -0.25) is 0 Å². The summed E-state index contributed by atoms with van der Waals surface area (Å²) >= 11 is 1.74. The molecule has 1 heterocycles. The van der Waals surface area contributed by atoms with Crippen molar-refractivity contribution in [3.63, 3.8) is 0 Å². The van der Waals surface area contributed by atoms with E-state index < -0.39 is 5.60 Å². The highest BCUT2D eigenvalue weighted by atomic mass is 32.1. The topological polar surface area (TPSA) is 20.2 Å². The first-order valence-corrected chi connectivity index (χ1v) is 7.17. The van der Waals surface area contributed by atoms with Gasteiger partial charge in [0.05, 0.1) is 5.60 Å². The Morgan fingerprint density at radius 2 is 2.06 bits per heavy atom. The summed E-state index contributed by atoms with van der Waals surface area (Å²) in [5, 5.41) is 14.1. The van der Waals surface area contributed by atoms with Gasteiger partial charge in [-0.1, -0.05) is 32.0 Å². The highest BCUT2D eigenvalue weighted by Crippen LogP contribution is 2.50. The maximum atomic E-state index is 10.7. The molecule has 0 saturated heterocycles. The summed E-state index contributed by atoms with van der Waals surface area (Å²) in [5.74, 6) is 1.35. The first-order chi connectivity index (χ1) is 8.10. The maximum Gasteiger partial charge on any atom is 0.0915 e. The van der Waals surface area contributed by atoms with Gasteiger partial charge in [0.2, 0.25) is 0 Å². The van der Waals surface area contributed by atoms with E-state index in [9.17, 15) is 5.11 Å². The van der Waals surface area contributed by atoms with Crippen LogP contribution in [0.15, 0.2) is 29.6 Å². The Balaban J connectivity index is 1.97. The van der Waals surface area contributed by atoms with Crippen LogP contribution >= 0.6 is 11.3 Å². The minimum absolute atomic E-state index is 0.570. The quantitative estimate of drug-likeness (QED) is 0.843. The average molecular weight is 246 g/mol. The predicted octanol–water partition coefficient (Wildman–Crippen LogP) is 4.15. The number of aliphatic hydroxyl groups is 1. The molecular weight excluding hydrogens is 228 g/mol. The van der Waals surface area contributed by atoms with Crippen molar-refractivity contribution in [2.75, 3.05) is 0 Å². The van der Waals surface area contributed by atoms with Crippen molar-refractivity contribution in [1.29, 1.82) is 0 Å². The Hall–Kier alpha value is -0.860. The van der Waals surface area contributed by atoms with Crippen LogP contribution in [0.25, 0.3) is 10.1 Å². The van der Waals surface area contributed by atoms with Gasteiger partial charge in [-0.15, -0.1) is 11.3 Å². The Kier molecular flexibility index (Phi) is 2.53. The Morgan fingerprint density at radius 3 is 2.76 bits per heavy atom. The molecule has 0 aliphatic heterocycles. The largest absolute Gasteiger partial charge is 0.385 e. The Labute approximate surface area is 106 Å². The molecule has 1 aliphatic carbocycles. The summed E-state index contributed by atoms with van der Waals surface area (Å²) < 4.78 is 1.26. The van der Waals surface area contributed by atoms with Gasteiger partial charge in [-0.25, -0.2) is 0 Å². The van der Waals surface area contributed by atoms with Gasteiger partial charge in [-0.2, -0.15) is 0 Å². The van der Waals surface area contributed by atoms with Crippen molar-refractivity contribution in [3.05, 3.63) is 35.2 Å². The SMILES string of the molecule is CC(C)C1CC(O)(c2cccc3ccsc23)C1. The number of thiophene rings is 1. The summed E-state index contributed by atoms with van der Waals surface area (Å²) in [6.07, 6.45) is 1.84. The molecule has 1 nitrogen and oxygen atoms in total. The molecule has 1 saturated carbocycles. The molecule has 0 atom stereocenters. The molecular formula is C15H18OS.